The van der Waals surface area contributed by atoms with Crippen molar-refractivity contribution in [2.24, 2.45) is 21.7 Å². The molecular weight excluding hydrogens is 731 g/mol. The first-order chi connectivity index (χ1) is 24.5. The van der Waals surface area contributed by atoms with Gasteiger partial charge in [-0.2, -0.15) is 27.1 Å². The molecule has 4 atom stereocenters. The molecule has 10 N–H and O–H groups in total. The lowest BCUT2D eigenvalue weighted by atomic mass is 9.76. The van der Waals surface area contributed by atoms with Crippen molar-refractivity contribution in [2.75, 3.05) is 0 Å². The molecule has 2 aliphatic rings. The van der Waals surface area contributed by atoms with Crippen molar-refractivity contribution in [3.8, 4) is 11.1 Å². The Morgan fingerprint density at radius 2 is 1.00 bits per heavy atom. The van der Waals surface area contributed by atoms with Crippen LogP contribution in [0.3, 0.4) is 0 Å². The van der Waals surface area contributed by atoms with E-state index in [2.05, 4.69) is 21.3 Å². The Bertz CT molecular complexity index is 2350. The average Bonchev–Trinajstić information content (AvgIpc) is 3.09. The van der Waals surface area contributed by atoms with Gasteiger partial charge in [0.2, 0.25) is 2.82 Å². The minimum Gasteiger partial charge on any atom is -0.397 e. The Kier molecular flexibility index (Phi) is 7.88. The number of nitrogens with one attached hydrogen (secondary N) is 2. The Hall–Kier alpha value is -4.52. The number of aliphatic hydroxyl groups is 2. The van der Waals surface area contributed by atoms with E-state index in [9.17, 15) is 36.2 Å². The number of aliphatic hydroxyl groups excluding tert-OH is 2. The number of nitrogens with zero attached hydrogens (tertiary/aromatic N) is 2. The van der Waals surface area contributed by atoms with E-state index in [-0.39, 0.29) is 65.9 Å². The van der Waals surface area contributed by atoms with Gasteiger partial charge in [0.25, 0.3) is 20.2 Å². The van der Waals surface area contributed by atoms with E-state index in [1.807, 2.05) is 0 Å². The minimum atomic E-state index is -5.32. The highest BCUT2D eigenvalue weighted by Gasteiger charge is 2.60. The molecule has 4 aromatic carbocycles. The van der Waals surface area contributed by atoms with E-state index in [1.165, 1.54) is 84.9 Å². The van der Waals surface area contributed by atoms with Gasteiger partial charge in [-0.15, -0.1) is 0 Å². The van der Waals surface area contributed by atoms with Crippen molar-refractivity contribution >= 4 is 54.8 Å². The zero-order valence-electron chi connectivity index (χ0n) is 27.2. The summed E-state index contributed by atoms with van der Waals surface area (Å²) in [6.07, 6.45) is -4.37. The molecule has 0 saturated carbocycles. The minimum absolute atomic E-state index is 0.0820. The summed E-state index contributed by atoms with van der Waals surface area (Å²) < 4.78 is 84.3. The van der Waals surface area contributed by atoms with Crippen LogP contribution in [-0.4, -0.2) is 48.4 Å². The molecule has 4 unspecified atom stereocenters. The van der Waals surface area contributed by atoms with Crippen LogP contribution in [0.1, 0.15) is 33.4 Å². The molecule has 0 aromatic heterocycles. The van der Waals surface area contributed by atoms with Crippen LogP contribution in [0.5, 0.6) is 0 Å². The van der Waals surface area contributed by atoms with Crippen molar-refractivity contribution < 1.29 is 39.0 Å². The number of rotatable bonds is 7. The third-order valence-electron chi connectivity index (χ3n) is 9.18. The third-order valence-corrected chi connectivity index (χ3v) is 12.8. The molecule has 2 aliphatic carbocycles. The average molecular weight is 758 g/mol. The lowest BCUT2D eigenvalue weighted by molar-refractivity contribution is 0.162. The molecule has 0 aliphatic heterocycles. The molecule has 50 heavy (non-hydrogen) atoms. The highest BCUT2D eigenvalue weighted by Crippen LogP contribution is 2.53. The fourth-order valence-electron chi connectivity index (χ4n) is 6.97. The van der Waals surface area contributed by atoms with E-state index in [1.54, 1.807) is 0 Å². The zero-order chi connectivity index (χ0) is 38.0. The molecule has 4 aromatic rings. The zero-order valence-corrected chi connectivity index (χ0v) is 28.3. The molecule has 14 nitrogen and oxygen atoms in total. The van der Waals surface area contributed by atoms with Gasteiger partial charge >= 0.3 is 0 Å². The molecule has 0 spiro atoms. The molecule has 6 rings (SSSR count). The fraction of sp³-hybridized carbons (Fsp3) is 0.125. The Morgan fingerprint density at radius 1 is 0.640 bits per heavy atom. The Balaban J connectivity index is 1.54. The quantitative estimate of drug-likeness (QED) is 0.0924. The first-order valence-electron chi connectivity index (χ1n) is 15.2. The van der Waals surface area contributed by atoms with Gasteiger partial charge in [-0.25, -0.2) is 11.0 Å². The smallest absolute Gasteiger partial charge is 0.282 e. The van der Waals surface area contributed by atoms with Crippen molar-refractivity contribution in [3.63, 3.8) is 0 Å². The van der Waals surface area contributed by atoms with Crippen LogP contribution in [0.4, 0.5) is 0 Å². The maximum atomic E-state index is 13.4. The van der Waals surface area contributed by atoms with Crippen LogP contribution in [0, 0.1) is 11.0 Å². The number of benzene rings is 4. The van der Waals surface area contributed by atoms with Gasteiger partial charge < -0.3 is 21.7 Å². The normalized spacial score (nSPS) is 24.7. The van der Waals surface area contributed by atoms with Gasteiger partial charge in [-0.3, -0.25) is 9.11 Å². The second kappa shape index (κ2) is 12.1. The molecule has 0 heterocycles. The van der Waals surface area contributed by atoms with Gasteiger partial charge in [-0.05, 0) is 34.4 Å². The monoisotopic (exact) mass is 756 g/mol. The summed E-state index contributed by atoms with van der Waals surface area (Å²) in [5.74, 6) is 0. The predicted octanol–water partition coefficient (Wildman–Crippen LogP) is 4.99. The first-order valence-corrected chi connectivity index (χ1v) is 17.9. The van der Waals surface area contributed by atoms with Crippen LogP contribution in [0.25, 0.3) is 22.5 Å². The molecule has 0 fully saturated rings. The fourth-order valence-corrected chi connectivity index (χ4v) is 10.3. The summed E-state index contributed by atoms with van der Waals surface area (Å²) in [6.45, 7) is 0. The number of halogens is 2. The third kappa shape index (κ3) is 4.68. The topological polar surface area (TPSA) is 274 Å². The van der Waals surface area contributed by atoms with Gasteiger partial charge in [-0.1, -0.05) is 96.0 Å². The van der Waals surface area contributed by atoms with Crippen LogP contribution in [0.15, 0.2) is 107 Å². The Morgan fingerprint density at radius 3 is 1.32 bits per heavy atom. The van der Waals surface area contributed by atoms with Crippen LogP contribution < -0.4 is 11.5 Å². The second-order valence-corrected chi connectivity index (χ2v) is 15.5. The molecule has 258 valence electrons. The lowest BCUT2D eigenvalue weighted by Gasteiger charge is -2.41. The lowest BCUT2D eigenvalue weighted by Crippen LogP contribution is -2.51. The van der Waals surface area contributed by atoms with Crippen molar-refractivity contribution in [1.82, 2.24) is 0 Å². The largest absolute Gasteiger partial charge is 0.397 e. The molecular formula is C32H26Cl2N6O8S2. The van der Waals surface area contributed by atoms with Crippen molar-refractivity contribution in [3.05, 3.63) is 140 Å². The van der Waals surface area contributed by atoms with Crippen LogP contribution in [0.2, 0.25) is 12.9 Å². The summed E-state index contributed by atoms with van der Waals surface area (Å²) >= 11 is 13.5. The molecule has 0 amide bonds. The van der Waals surface area contributed by atoms with Gasteiger partial charge in [0, 0.05) is 32.3 Å². The SMILES string of the molecule is [H]/N=N/C1=C(N)c2ccccc2C(c2ccc(-c3ccc(C4(S(=O)(=O)O)c5ccccc5C(N)=C(/N=N/[H])C4O)c(Cl)c3)cc2Cl)(S(=O)(=O)O)C1O. The van der Waals surface area contributed by atoms with E-state index in [0.717, 1.165) is 0 Å². The molecule has 0 radical (unpaired) electrons. The maximum absolute atomic E-state index is 13.4. The van der Waals surface area contributed by atoms with Crippen molar-refractivity contribution in [1.29, 1.82) is 11.0 Å². The number of fused-ring (bicyclic) bond motifs is 2. The van der Waals surface area contributed by atoms with Gasteiger partial charge in [0.15, 0.2) is 9.49 Å². The van der Waals surface area contributed by atoms with E-state index in [4.69, 9.17) is 37.5 Å². The maximum Gasteiger partial charge on any atom is 0.282 e. The molecule has 0 saturated heterocycles. The van der Waals surface area contributed by atoms with E-state index >= 15 is 0 Å². The van der Waals surface area contributed by atoms with Gasteiger partial charge in [0.1, 0.15) is 23.6 Å². The molecule has 18 heteroatoms. The van der Waals surface area contributed by atoms with E-state index < -0.39 is 53.3 Å². The van der Waals surface area contributed by atoms with Crippen LogP contribution in [-0.2, 0) is 29.7 Å². The highest BCUT2D eigenvalue weighted by molar-refractivity contribution is 7.87. The summed E-state index contributed by atoms with van der Waals surface area (Å²) in [6, 6.07) is 19.4. The summed E-state index contributed by atoms with van der Waals surface area (Å²) in [5.41, 5.74) is 16.7. The molecule has 0 bridgehead atoms. The van der Waals surface area contributed by atoms with Crippen LogP contribution >= 0.6 is 23.2 Å². The summed E-state index contributed by atoms with van der Waals surface area (Å²) in [4.78, 5) is 0. The first kappa shape index (κ1) is 32.7. The Labute approximate surface area is 298 Å². The van der Waals surface area contributed by atoms with Gasteiger partial charge in [0.05, 0.1) is 11.4 Å². The summed E-state index contributed by atoms with van der Waals surface area (Å²) in [5, 5.41) is 29.7. The highest BCUT2D eigenvalue weighted by atomic mass is 35.5. The van der Waals surface area contributed by atoms with Crippen molar-refractivity contribution in [2.45, 2.75) is 21.7 Å². The number of hydrogen-bond donors (Lipinski definition) is 8. The van der Waals surface area contributed by atoms with E-state index in [0.29, 0.717) is 0 Å². The second-order valence-electron chi connectivity index (χ2n) is 11.5. The number of hydrogen-bond acceptors (Lipinski definition) is 12. The predicted molar refractivity (Wildman–Crippen MR) is 184 cm³/mol. The summed E-state index contributed by atoms with van der Waals surface area (Å²) in [7, 11) is -10.6. The number of nitrogens with two attached hydrogens (primary N) is 2. The standard InChI is InChI=1S/C32H26Cl2N6O8S2/c33-23-13-15(9-11-21(23)31(49(43,44)45)19-7-3-1-5-17(19)25(35)27(39-37)29(31)41)16-10-12-22(24(34)14-16)32(50(46,47)48)20-8-4-2-6-18(20)26(36)28(40-38)30(32)42/h1-14,29-30,37-38,41-42H,35-36H2,(H,43,44,45)(H,46,47,48)/b39-37+,40-38+.